The van der Waals surface area contributed by atoms with Crippen LogP contribution in [0.3, 0.4) is 0 Å². The van der Waals surface area contributed by atoms with E-state index in [4.69, 9.17) is 0 Å². The Morgan fingerprint density at radius 3 is 2.29 bits per heavy atom. The molecule has 0 saturated carbocycles. The van der Waals surface area contributed by atoms with Crippen molar-refractivity contribution in [3.05, 3.63) is 0 Å². The highest BCUT2D eigenvalue weighted by Gasteiger charge is 1.81. The molecular formula is C6H14Si. The number of hydrogen-bond donors (Lipinski definition) is 0. The van der Waals surface area contributed by atoms with Crippen LogP contribution in [0.1, 0.15) is 20.3 Å². The van der Waals surface area contributed by atoms with Gasteiger partial charge in [-0.15, -0.1) is 5.67 Å². The molecule has 0 nitrogen and oxygen atoms in total. The van der Waals surface area contributed by atoms with Gasteiger partial charge in [0.1, 0.15) is 0 Å². The van der Waals surface area contributed by atoms with Crippen LogP contribution in [0, 0.1) is 0 Å². The summed E-state index contributed by atoms with van der Waals surface area (Å²) in [5, 5.41) is 0. The fourth-order valence-electron chi connectivity index (χ4n) is 0.539. The van der Waals surface area contributed by atoms with E-state index in [1.807, 2.05) is 0 Å². The van der Waals surface area contributed by atoms with Crippen molar-refractivity contribution < 1.29 is 0 Å². The molecule has 0 aromatic rings. The minimum absolute atomic E-state index is 0.00489. The second kappa shape index (κ2) is 4.25. The summed E-state index contributed by atoms with van der Waals surface area (Å²) < 4.78 is 0. The lowest BCUT2D eigenvalue weighted by atomic mass is 10.6. The van der Waals surface area contributed by atoms with Crippen molar-refractivity contribution in [1.29, 1.82) is 0 Å². The van der Waals surface area contributed by atoms with Gasteiger partial charge in [-0.3, -0.25) is 0 Å². The molecule has 0 atom stereocenters. The van der Waals surface area contributed by atoms with Gasteiger partial charge in [-0.25, -0.2) is 0 Å². The van der Waals surface area contributed by atoms with E-state index in [2.05, 4.69) is 26.1 Å². The highest BCUT2D eigenvalue weighted by Crippen LogP contribution is 1.86. The molecule has 7 heavy (non-hydrogen) atoms. The van der Waals surface area contributed by atoms with Crippen LogP contribution in [0.2, 0.25) is 12.6 Å². The smallest absolute Gasteiger partial charge is 0.00170 e. The van der Waals surface area contributed by atoms with Crippen LogP contribution in [-0.2, 0) is 0 Å². The lowest BCUT2D eigenvalue weighted by molar-refractivity contribution is 1.07. The monoisotopic (exact) mass is 114 g/mol. The predicted molar refractivity (Wildman–Crippen MR) is 38.5 cm³/mol. The van der Waals surface area contributed by atoms with E-state index >= 15 is 0 Å². The Hall–Kier alpha value is 0.0869. The molecule has 42 valence electrons. The van der Waals surface area contributed by atoms with Crippen LogP contribution in [0.15, 0.2) is 0 Å². The molecule has 0 radical (unpaired) electrons. The molecule has 0 unspecified atom stereocenters. The average Bonchev–Trinajstić information content (AvgIpc) is 1.68. The zero-order valence-electron chi connectivity index (χ0n) is 5.49. The van der Waals surface area contributed by atoms with Gasteiger partial charge in [-0.2, -0.15) is 0 Å². The molecule has 0 aliphatic heterocycles. The average molecular weight is 114 g/mol. The fraction of sp³-hybridized carbons (Fsp3) is 0.833. The Morgan fingerprint density at radius 1 is 1.57 bits per heavy atom. The van der Waals surface area contributed by atoms with Gasteiger partial charge in [-0.05, 0) is 6.04 Å². The maximum absolute atomic E-state index is 2.36. The normalized spacial score (nSPS) is 12.1. The molecule has 1 heteroatoms. The van der Waals surface area contributed by atoms with E-state index in [9.17, 15) is 0 Å². The third-order valence-corrected chi connectivity index (χ3v) is 3.41. The Kier molecular flexibility index (Phi) is 4.30. The molecule has 0 aliphatic rings. The summed E-state index contributed by atoms with van der Waals surface area (Å²) in [6.45, 7) is 6.77. The van der Waals surface area contributed by atoms with Gasteiger partial charge in [0.15, 0.2) is 0 Å². The van der Waals surface area contributed by atoms with Crippen LogP contribution in [0.5, 0.6) is 0 Å². The molecule has 0 amide bonds. The molecule has 0 heterocycles. The van der Waals surface area contributed by atoms with Crippen molar-refractivity contribution in [3.63, 3.8) is 0 Å². The van der Waals surface area contributed by atoms with Crippen LogP contribution in [-0.4, -0.2) is 14.1 Å². The van der Waals surface area contributed by atoms with E-state index in [0.29, 0.717) is 0 Å². The Morgan fingerprint density at radius 2 is 2.14 bits per heavy atom. The zero-order chi connectivity index (χ0) is 5.70. The van der Waals surface area contributed by atoms with Crippen molar-refractivity contribution in [2.45, 2.75) is 32.9 Å². The summed E-state index contributed by atoms with van der Waals surface area (Å²) in [6, 6.07) is 1.45. The first kappa shape index (κ1) is 7.09. The van der Waals surface area contributed by atoms with Gasteiger partial charge >= 0.3 is 0 Å². The molecule has 0 fully saturated rings. The zero-order valence-corrected chi connectivity index (χ0v) is 6.49. The quantitative estimate of drug-likeness (QED) is 0.481. The minimum atomic E-state index is -0.00489. The van der Waals surface area contributed by atoms with E-state index in [1.54, 1.807) is 0 Å². The van der Waals surface area contributed by atoms with E-state index in [0.717, 1.165) is 0 Å². The lowest BCUT2D eigenvalue weighted by Crippen LogP contribution is -1.93. The van der Waals surface area contributed by atoms with E-state index in [-0.39, 0.29) is 8.41 Å². The van der Waals surface area contributed by atoms with Gasteiger partial charge in [0, 0.05) is 8.41 Å². The summed E-state index contributed by atoms with van der Waals surface area (Å²) in [5.74, 6) is 0. The maximum atomic E-state index is 2.36. The van der Waals surface area contributed by atoms with Crippen molar-refractivity contribution in [3.8, 4) is 0 Å². The highest BCUT2D eigenvalue weighted by molar-refractivity contribution is 6.64. The van der Waals surface area contributed by atoms with E-state index < -0.39 is 0 Å². The maximum Gasteiger partial charge on any atom is 0.00170 e. The van der Waals surface area contributed by atoms with Gasteiger partial charge in [0.25, 0.3) is 0 Å². The first-order valence-electron chi connectivity index (χ1n) is 2.93. The Balaban J connectivity index is 3.17. The van der Waals surface area contributed by atoms with Crippen molar-refractivity contribution >= 4 is 14.1 Å². The van der Waals surface area contributed by atoms with Gasteiger partial charge in [0.05, 0.1) is 0 Å². The fourth-order valence-corrected chi connectivity index (χ4v) is 1.62. The molecule has 0 rings (SSSR count). The summed E-state index contributed by atoms with van der Waals surface area (Å²) in [7, 11) is -0.00489. The molecule has 0 bridgehead atoms. The van der Waals surface area contributed by atoms with Crippen LogP contribution < -0.4 is 0 Å². The van der Waals surface area contributed by atoms with Crippen molar-refractivity contribution in [1.82, 2.24) is 0 Å². The second-order valence-corrected chi connectivity index (χ2v) is 4.66. The number of hydrogen-bond acceptors (Lipinski definition) is 0. The summed E-state index contributed by atoms with van der Waals surface area (Å²) >= 11 is 0. The van der Waals surface area contributed by atoms with Crippen molar-refractivity contribution in [2.24, 2.45) is 0 Å². The van der Waals surface area contributed by atoms with Gasteiger partial charge < -0.3 is 0 Å². The lowest BCUT2D eigenvalue weighted by Gasteiger charge is -1.89. The minimum Gasteiger partial charge on any atom is -0.107 e. The highest BCUT2D eigenvalue weighted by atomic mass is 28.2. The molecule has 0 N–H and O–H groups in total. The van der Waals surface area contributed by atoms with Crippen LogP contribution in [0.25, 0.3) is 0 Å². The second-order valence-electron chi connectivity index (χ2n) is 1.89. The van der Waals surface area contributed by atoms with Crippen molar-refractivity contribution in [2.75, 3.05) is 0 Å². The van der Waals surface area contributed by atoms with E-state index in [1.165, 1.54) is 12.5 Å². The Bertz CT molecular complexity index is 64.6. The van der Waals surface area contributed by atoms with Gasteiger partial charge in [-0.1, -0.05) is 26.8 Å². The third kappa shape index (κ3) is 3.93. The molecule has 0 aliphatic carbocycles. The predicted octanol–water partition coefficient (Wildman–Crippen LogP) is 1.92. The summed E-state index contributed by atoms with van der Waals surface area (Å²) in [6.07, 6.45) is 1.36. The summed E-state index contributed by atoms with van der Waals surface area (Å²) in [4.78, 5) is 0. The Labute approximate surface area is 47.8 Å². The summed E-state index contributed by atoms with van der Waals surface area (Å²) in [5.41, 5.74) is 2.36. The standard InChI is InChI=1S/C6H14Si/c1-4-6-7(3)5-2/h5H,4,6H2,1-3H3. The first-order chi connectivity index (χ1) is 3.31. The topological polar surface area (TPSA) is 0 Å². The SMILES string of the molecule is CC=[Si](C)CCC. The number of rotatable bonds is 2. The van der Waals surface area contributed by atoms with Crippen LogP contribution >= 0.6 is 0 Å². The molecular weight excluding hydrogens is 100 g/mol. The molecule has 0 saturated heterocycles. The van der Waals surface area contributed by atoms with Crippen LogP contribution in [0.4, 0.5) is 0 Å². The third-order valence-electron chi connectivity index (χ3n) is 1.14. The van der Waals surface area contributed by atoms with Gasteiger partial charge in [0.2, 0.25) is 0 Å². The first-order valence-corrected chi connectivity index (χ1v) is 5.21. The molecule has 0 aromatic heterocycles. The molecule has 0 aromatic carbocycles. The largest absolute Gasteiger partial charge is 0.107 e. The molecule has 0 spiro atoms.